The molecule has 0 fully saturated rings. The van der Waals surface area contributed by atoms with Crippen molar-refractivity contribution in [2.45, 2.75) is 24.4 Å². The summed E-state index contributed by atoms with van der Waals surface area (Å²) in [7, 11) is 0. The molecule has 0 aliphatic carbocycles. The first-order chi connectivity index (χ1) is 7.13. The van der Waals surface area contributed by atoms with Crippen LogP contribution in [0.3, 0.4) is 0 Å². The first-order valence-electron chi connectivity index (χ1n) is 3.25. The quantitative estimate of drug-likeness (QED) is 0.575. The van der Waals surface area contributed by atoms with E-state index in [1.54, 1.807) is 0 Å². The summed E-state index contributed by atoms with van der Waals surface area (Å²) in [6.45, 7) is 0. The van der Waals surface area contributed by atoms with Crippen molar-refractivity contribution in [2.75, 3.05) is 0 Å². The largest absolute Gasteiger partial charge is 0.501 e. The lowest BCUT2D eigenvalue weighted by Gasteiger charge is -2.23. The summed E-state index contributed by atoms with van der Waals surface area (Å²) < 4.78 is 117. The zero-order valence-electron chi connectivity index (χ0n) is 7.10. The summed E-state index contributed by atoms with van der Waals surface area (Å²) in [5, 5.41) is 0. The molecule has 0 bridgehead atoms. The van der Waals surface area contributed by atoms with Crippen LogP contribution in [0, 0.1) is 0 Å². The minimum atomic E-state index is -6.65. The fourth-order valence-corrected chi connectivity index (χ4v) is 0.354. The fraction of sp³-hybridized carbons (Fsp3) is 0.800. The maximum atomic E-state index is 11.9. The van der Waals surface area contributed by atoms with Gasteiger partial charge in [0.2, 0.25) is 0 Å². The number of hydrogen-bond acceptors (Lipinski definition) is 2. The molecule has 0 aliphatic heterocycles. The van der Waals surface area contributed by atoms with Gasteiger partial charge in [-0.05, 0) is 0 Å². The number of carbonyl (C=O) groups is 1. The molecule has 12 heteroatoms. The van der Waals surface area contributed by atoms with Crippen LogP contribution in [0.4, 0.5) is 43.9 Å². The summed E-state index contributed by atoms with van der Waals surface area (Å²) in [4.78, 5) is 9.90. The number of ether oxygens (including phenoxy) is 1. The Hall–Kier alpha value is -1.23. The highest BCUT2D eigenvalue weighted by Crippen LogP contribution is 2.41. The molecule has 0 atom stereocenters. The molecule has 2 nitrogen and oxygen atoms in total. The lowest BCUT2D eigenvalue weighted by Crippen LogP contribution is -2.50. The third kappa shape index (κ3) is 3.12. The van der Waals surface area contributed by atoms with Crippen LogP contribution in [-0.2, 0) is 9.53 Å². The lowest BCUT2D eigenvalue weighted by atomic mass is 10.3. The number of halogens is 10. The van der Waals surface area contributed by atoms with E-state index in [1.165, 1.54) is 0 Å². The van der Waals surface area contributed by atoms with Gasteiger partial charge in [-0.25, -0.2) is 4.79 Å². The first kappa shape index (κ1) is 15.8. The van der Waals surface area contributed by atoms with Crippen LogP contribution in [0.2, 0.25) is 0 Å². The van der Waals surface area contributed by atoms with Crippen LogP contribution < -0.4 is 0 Å². The van der Waals surface area contributed by atoms with E-state index in [4.69, 9.17) is 0 Å². The van der Waals surface area contributed by atoms with Gasteiger partial charge in [0.25, 0.3) is 0 Å². The monoisotopic (exact) mass is 282 g/mol. The topological polar surface area (TPSA) is 26.3 Å². The highest BCUT2D eigenvalue weighted by atomic mass is 19.4. The van der Waals surface area contributed by atoms with Gasteiger partial charge in [-0.1, -0.05) is 0 Å². The molecule has 0 rings (SSSR count). The van der Waals surface area contributed by atoms with Gasteiger partial charge in [-0.15, -0.1) is 0 Å². The second-order valence-electron chi connectivity index (χ2n) is 2.48. The van der Waals surface area contributed by atoms with Gasteiger partial charge < -0.3 is 4.74 Å². The van der Waals surface area contributed by atoms with Gasteiger partial charge in [0.1, 0.15) is 0 Å². The van der Waals surface area contributed by atoms with Crippen LogP contribution in [-0.4, -0.2) is 30.4 Å². The Balaban J connectivity index is 5.02. The molecule has 0 unspecified atom stereocenters. The highest BCUT2D eigenvalue weighted by Gasteiger charge is 2.70. The Kier molecular flexibility index (Phi) is 3.63. The molecular formula is C5F10O2. The summed E-state index contributed by atoms with van der Waals surface area (Å²) in [6.07, 6.45) is -19.7. The molecule has 0 aliphatic rings. The van der Waals surface area contributed by atoms with Crippen molar-refractivity contribution in [3.05, 3.63) is 0 Å². The zero-order chi connectivity index (χ0) is 14.3. The van der Waals surface area contributed by atoms with Gasteiger partial charge in [0, 0.05) is 0 Å². The molecule has 0 radical (unpaired) electrons. The van der Waals surface area contributed by atoms with E-state index >= 15 is 0 Å². The number of carbonyl (C=O) groups excluding carboxylic acids is 1. The Morgan fingerprint density at radius 2 is 1.06 bits per heavy atom. The van der Waals surface area contributed by atoms with Crippen molar-refractivity contribution in [1.82, 2.24) is 0 Å². The molecule has 0 aromatic rings. The molecule has 0 aromatic heterocycles. The molecule has 102 valence electrons. The van der Waals surface area contributed by atoms with Gasteiger partial charge in [0.15, 0.2) is 0 Å². The minimum Gasteiger partial charge on any atom is -0.389 e. The second-order valence-corrected chi connectivity index (χ2v) is 2.48. The Bertz CT molecular complexity index is 299. The Labute approximate surface area is 85.1 Å². The molecule has 17 heavy (non-hydrogen) atoms. The van der Waals surface area contributed by atoms with E-state index < -0.39 is 30.4 Å². The molecule has 0 saturated heterocycles. The smallest absolute Gasteiger partial charge is 0.389 e. The minimum absolute atomic E-state index is 1.83. The summed E-state index contributed by atoms with van der Waals surface area (Å²) in [6, 6.07) is 0. The van der Waals surface area contributed by atoms with Crippen molar-refractivity contribution in [3.8, 4) is 0 Å². The number of hydrogen-bond donors (Lipinski definition) is 0. The third-order valence-electron chi connectivity index (χ3n) is 1.16. The predicted molar refractivity (Wildman–Crippen MR) is 28.1 cm³/mol. The zero-order valence-corrected chi connectivity index (χ0v) is 7.10. The highest BCUT2D eigenvalue weighted by molar-refractivity contribution is 5.78. The Morgan fingerprint density at radius 3 is 1.29 bits per heavy atom. The molecule has 0 heterocycles. The summed E-state index contributed by atoms with van der Waals surface area (Å²) in [5.41, 5.74) is 0. The fourth-order valence-electron chi connectivity index (χ4n) is 0.354. The second kappa shape index (κ2) is 3.91. The normalized spacial score (nSPS) is 14.7. The molecule has 0 aromatic carbocycles. The standard InChI is InChI=1S/C5F10O2/c6-2(7,3(8,9)10)1(16)17-5(14,15)4(11,12)13. The maximum absolute atomic E-state index is 11.9. The summed E-state index contributed by atoms with van der Waals surface area (Å²) in [5.74, 6) is -10.5. The van der Waals surface area contributed by atoms with E-state index in [0.717, 1.165) is 0 Å². The van der Waals surface area contributed by atoms with Gasteiger partial charge >= 0.3 is 30.4 Å². The average Bonchev–Trinajstić information content (AvgIpc) is 1.98. The number of rotatable bonds is 2. The average molecular weight is 282 g/mol. The van der Waals surface area contributed by atoms with Crippen molar-refractivity contribution in [1.29, 1.82) is 0 Å². The predicted octanol–water partition coefficient (Wildman–Crippen LogP) is 2.88. The molecule has 0 N–H and O–H groups in total. The van der Waals surface area contributed by atoms with E-state index in [2.05, 4.69) is 0 Å². The van der Waals surface area contributed by atoms with Gasteiger partial charge in [-0.3, -0.25) is 0 Å². The van der Waals surface area contributed by atoms with E-state index in [-0.39, 0.29) is 0 Å². The molecule has 0 spiro atoms. The van der Waals surface area contributed by atoms with Crippen molar-refractivity contribution < 1.29 is 53.4 Å². The van der Waals surface area contributed by atoms with Crippen molar-refractivity contribution in [3.63, 3.8) is 0 Å². The van der Waals surface area contributed by atoms with Gasteiger partial charge in [-0.2, -0.15) is 43.9 Å². The summed E-state index contributed by atoms with van der Waals surface area (Å²) >= 11 is 0. The SMILES string of the molecule is O=C(OC(F)(F)C(F)(F)F)C(F)(F)C(F)(F)F. The van der Waals surface area contributed by atoms with Crippen LogP contribution in [0.25, 0.3) is 0 Å². The van der Waals surface area contributed by atoms with Crippen LogP contribution in [0.1, 0.15) is 0 Å². The maximum Gasteiger partial charge on any atom is 0.501 e. The van der Waals surface area contributed by atoms with Crippen molar-refractivity contribution >= 4 is 5.97 Å². The van der Waals surface area contributed by atoms with Crippen LogP contribution in [0.5, 0.6) is 0 Å². The van der Waals surface area contributed by atoms with Crippen LogP contribution in [0.15, 0.2) is 0 Å². The van der Waals surface area contributed by atoms with E-state index in [1.807, 2.05) is 4.74 Å². The number of alkyl halides is 10. The van der Waals surface area contributed by atoms with E-state index in [9.17, 15) is 48.7 Å². The van der Waals surface area contributed by atoms with Gasteiger partial charge in [0.05, 0.1) is 0 Å². The van der Waals surface area contributed by atoms with Crippen LogP contribution >= 0.6 is 0 Å². The molecule has 0 amide bonds. The Morgan fingerprint density at radius 1 is 0.706 bits per heavy atom. The lowest BCUT2D eigenvalue weighted by molar-refractivity contribution is -0.386. The molecular weight excluding hydrogens is 282 g/mol. The number of esters is 1. The van der Waals surface area contributed by atoms with E-state index in [0.29, 0.717) is 0 Å². The first-order valence-corrected chi connectivity index (χ1v) is 3.25. The molecule has 0 saturated carbocycles. The van der Waals surface area contributed by atoms with Crippen molar-refractivity contribution in [2.24, 2.45) is 0 Å². The third-order valence-corrected chi connectivity index (χ3v) is 1.16.